The molecule has 0 radical (unpaired) electrons. The minimum Gasteiger partial charge on any atom is -0.506 e. The molecule has 0 atom stereocenters. The number of rotatable bonds is 4. The third kappa shape index (κ3) is 2.72. The van der Waals surface area contributed by atoms with Gasteiger partial charge in [0.25, 0.3) is 5.91 Å². The molecule has 0 unspecified atom stereocenters. The fraction of sp³-hybridized carbons (Fsp3) is 0.462. The van der Waals surface area contributed by atoms with Crippen LogP contribution in [0.5, 0.6) is 5.75 Å². The summed E-state index contributed by atoms with van der Waals surface area (Å²) in [5.74, 6) is -0.137. The van der Waals surface area contributed by atoms with Crippen LogP contribution in [-0.4, -0.2) is 17.6 Å². The second-order valence-corrected chi connectivity index (χ2v) is 5.11. The highest BCUT2D eigenvalue weighted by Crippen LogP contribution is 2.47. The minimum absolute atomic E-state index is 0.00422. The van der Waals surface area contributed by atoms with Crippen LogP contribution in [0.1, 0.15) is 36.5 Å². The van der Waals surface area contributed by atoms with E-state index >= 15 is 0 Å². The van der Waals surface area contributed by atoms with Crippen molar-refractivity contribution in [3.8, 4) is 5.75 Å². The van der Waals surface area contributed by atoms with Gasteiger partial charge in [0, 0.05) is 12.1 Å². The van der Waals surface area contributed by atoms with Crippen molar-refractivity contribution in [3.05, 3.63) is 28.8 Å². The molecule has 0 aliphatic heterocycles. The summed E-state index contributed by atoms with van der Waals surface area (Å²) in [7, 11) is 0. The normalized spacial score (nSPS) is 16.6. The van der Waals surface area contributed by atoms with Crippen molar-refractivity contribution in [1.82, 2.24) is 5.32 Å². The molecule has 1 aliphatic carbocycles. The fourth-order valence-corrected chi connectivity index (χ4v) is 2.03. The summed E-state index contributed by atoms with van der Waals surface area (Å²) >= 11 is 5.76. The van der Waals surface area contributed by atoms with Crippen LogP contribution in [-0.2, 0) is 0 Å². The van der Waals surface area contributed by atoms with Gasteiger partial charge in [0.2, 0.25) is 0 Å². The number of amides is 1. The lowest BCUT2D eigenvalue weighted by atomic mass is 10.0. The molecular formula is C13H16ClNO2. The Kier molecular flexibility index (Phi) is 3.29. The molecule has 92 valence electrons. The number of phenols is 1. The molecular weight excluding hydrogens is 238 g/mol. The van der Waals surface area contributed by atoms with E-state index in [4.69, 9.17) is 11.6 Å². The predicted octanol–water partition coefficient (Wildman–Crippen LogP) is 2.97. The Hall–Kier alpha value is -1.22. The Morgan fingerprint density at radius 1 is 1.53 bits per heavy atom. The number of nitrogens with one attached hydrogen (secondary N) is 1. The Balaban J connectivity index is 1.97. The molecule has 1 fully saturated rings. The van der Waals surface area contributed by atoms with Crippen molar-refractivity contribution >= 4 is 17.5 Å². The lowest BCUT2D eigenvalue weighted by Crippen LogP contribution is -2.29. The molecule has 1 aromatic carbocycles. The number of halogens is 1. The number of phenolic OH excluding ortho intramolecular Hbond substituents is 1. The third-order valence-electron chi connectivity index (χ3n) is 3.54. The van der Waals surface area contributed by atoms with Crippen LogP contribution in [0.3, 0.4) is 0 Å². The molecule has 0 spiro atoms. The van der Waals surface area contributed by atoms with Gasteiger partial charge >= 0.3 is 0 Å². The zero-order valence-electron chi connectivity index (χ0n) is 9.79. The van der Waals surface area contributed by atoms with Crippen molar-refractivity contribution in [2.24, 2.45) is 5.41 Å². The zero-order valence-corrected chi connectivity index (χ0v) is 10.5. The first-order chi connectivity index (χ1) is 8.06. The van der Waals surface area contributed by atoms with Crippen LogP contribution in [0, 0.1) is 5.41 Å². The Morgan fingerprint density at radius 2 is 2.24 bits per heavy atom. The summed E-state index contributed by atoms with van der Waals surface area (Å²) in [6.07, 6.45) is 3.49. The number of hydrogen-bond acceptors (Lipinski definition) is 2. The third-order valence-corrected chi connectivity index (χ3v) is 3.84. The van der Waals surface area contributed by atoms with Gasteiger partial charge in [-0.1, -0.05) is 18.5 Å². The first-order valence-electron chi connectivity index (χ1n) is 5.83. The number of aromatic hydroxyl groups is 1. The Morgan fingerprint density at radius 3 is 2.76 bits per heavy atom. The van der Waals surface area contributed by atoms with Gasteiger partial charge in [-0.15, -0.1) is 0 Å². The van der Waals surface area contributed by atoms with E-state index in [9.17, 15) is 9.90 Å². The van der Waals surface area contributed by atoms with Crippen molar-refractivity contribution in [1.29, 1.82) is 0 Å². The topological polar surface area (TPSA) is 49.3 Å². The summed E-state index contributed by atoms with van der Waals surface area (Å²) in [5, 5.41) is 12.4. The highest BCUT2D eigenvalue weighted by atomic mass is 35.5. The van der Waals surface area contributed by atoms with Gasteiger partial charge < -0.3 is 10.4 Å². The van der Waals surface area contributed by atoms with Gasteiger partial charge in [-0.3, -0.25) is 4.79 Å². The molecule has 1 amide bonds. The maximum absolute atomic E-state index is 11.8. The summed E-state index contributed by atoms with van der Waals surface area (Å²) in [4.78, 5) is 11.8. The molecule has 17 heavy (non-hydrogen) atoms. The van der Waals surface area contributed by atoms with E-state index in [0.29, 0.717) is 11.0 Å². The van der Waals surface area contributed by atoms with Crippen LogP contribution in [0.25, 0.3) is 0 Å². The Labute approximate surface area is 106 Å². The average molecular weight is 254 g/mol. The van der Waals surface area contributed by atoms with Gasteiger partial charge in [-0.05, 0) is 42.9 Å². The van der Waals surface area contributed by atoms with E-state index in [2.05, 4.69) is 12.2 Å². The average Bonchev–Trinajstić information content (AvgIpc) is 3.10. The quantitative estimate of drug-likeness (QED) is 0.867. The molecule has 2 rings (SSSR count). The van der Waals surface area contributed by atoms with Crippen molar-refractivity contribution in [2.75, 3.05) is 6.54 Å². The second kappa shape index (κ2) is 4.57. The number of benzene rings is 1. The van der Waals surface area contributed by atoms with E-state index in [1.54, 1.807) is 6.07 Å². The van der Waals surface area contributed by atoms with Gasteiger partial charge in [-0.25, -0.2) is 0 Å². The zero-order chi connectivity index (χ0) is 12.5. The van der Waals surface area contributed by atoms with E-state index in [1.165, 1.54) is 25.0 Å². The number of carbonyl (C=O) groups is 1. The van der Waals surface area contributed by atoms with Crippen LogP contribution in [0.15, 0.2) is 18.2 Å². The van der Waals surface area contributed by atoms with Gasteiger partial charge in [0.05, 0.1) is 5.02 Å². The number of carbonyl (C=O) groups excluding carboxylic acids is 1. The first kappa shape index (κ1) is 12.2. The van der Waals surface area contributed by atoms with Gasteiger partial charge in [-0.2, -0.15) is 0 Å². The standard InChI is InChI=1S/C13H16ClNO2/c1-2-13(5-6-13)8-15-12(17)9-3-4-11(16)10(14)7-9/h3-4,7,16H,2,5-6,8H2,1H3,(H,15,17). The molecule has 3 nitrogen and oxygen atoms in total. The van der Waals surface area contributed by atoms with E-state index in [1.807, 2.05) is 0 Å². The van der Waals surface area contributed by atoms with Crippen molar-refractivity contribution in [2.45, 2.75) is 26.2 Å². The highest BCUT2D eigenvalue weighted by Gasteiger charge is 2.40. The molecule has 0 bridgehead atoms. The predicted molar refractivity (Wildman–Crippen MR) is 67.4 cm³/mol. The summed E-state index contributed by atoms with van der Waals surface area (Å²) in [5.41, 5.74) is 0.816. The van der Waals surface area contributed by atoms with E-state index in [0.717, 1.165) is 13.0 Å². The molecule has 1 aromatic rings. The lowest BCUT2D eigenvalue weighted by molar-refractivity contribution is 0.0944. The smallest absolute Gasteiger partial charge is 0.251 e. The molecule has 2 N–H and O–H groups in total. The van der Waals surface area contributed by atoms with Gasteiger partial charge in [0.15, 0.2) is 0 Å². The number of hydrogen-bond donors (Lipinski definition) is 2. The van der Waals surface area contributed by atoms with Gasteiger partial charge in [0.1, 0.15) is 5.75 Å². The minimum atomic E-state index is -0.133. The summed E-state index contributed by atoms with van der Waals surface area (Å²) < 4.78 is 0. The van der Waals surface area contributed by atoms with Crippen LogP contribution < -0.4 is 5.32 Å². The molecule has 4 heteroatoms. The fourth-order valence-electron chi connectivity index (χ4n) is 1.85. The maximum atomic E-state index is 11.8. The van der Waals surface area contributed by atoms with Crippen molar-refractivity contribution < 1.29 is 9.90 Å². The van der Waals surface area contributed by atoms with E-state index in [-0.39, 0.29) is 16.7 Å². The monoisotopic (exact) mass is 253 g/mol. The van der Waals surface area contributed by atoms with Crippen LogP contribution >= 0.6 is 11.6 Å². The molecule has 1 saturated carbocycles. The largest absolute Gasteiger partial charge is 0.506 e. The molecule has 1 aliphatic rings. The summed E-state index contributed by atoms with van der Waals surface area (Å²) in [6.45, 7) is 2.87. The van der Waals surface area contributed by atoms with E-state index < -0.39 is 0 Å². The Bertz CT molecular complexity index is 441. The lowest BCUT2D eigenvalue weighted by Gasteiger charge is -2.13. The second-order valence-electron chi connectivity index (χ2n) is 4.70. The molecule has 0 heterocycles. The highest BCUT2D eigenvalue weighted by molar-refractivity contribution is 6.32. The molecule has 0 saturated heterocycles. The van der Waals surface area contributed by atoms with Crippen LogP contribution in [0.2, 0.25) is 5.02 Å². The SMILES string of the molecule is CCC1(CNC(=O)c2ccc(O)c(Cl)c2)CC1. The van der Waals surface area contributed by atoms with Crippen molar-refractivity contribution in [3.63, 3.8) is 0 Å². The maximum Gasteiger partial charge on any atom is 0.251 e. The summed E-state index contributed by atoms with van der Waals surface area (Å²) in [6, 6.07) is 4.49. The first-order valence-corrected chi connectivity index (χ1v) is 6.21. The van der Waals surface area contributed by atoms with Crippen LogP contribution in [0.4, 0.5) is 0 Å². The molecule has 0 aromatic heterocycles.